The Morgan fingerprint density at radius 2 is 1.75 bits per heavy atom. The number of hydrazine groups is 1. The highest BCUT2D eigenvalue weighted by Crippen LogP contribution is 2.20. The Hall–Kier alpha value is -1.84. The standard InChI is InChI=1S/C17H22N2O/c1-13-7-9-14(10-8-13)11-16(19-18)12-15-5-3-4-6-17(15)20-2/h3-10,16,19H,11-12,18H2,1-2H3. The summed E-state index contributed by atoms with van der Waals surface area (Å²) in [6.07, 6.45) is 1.74. The highest BCUT2D eigenvalue weighted by Gasteiger charge is 2.11. The fourth-order valence-corrected chi connectivity index (χ4v) is 2.34. The van der Waals surface area contributed by atoms with E-state index in [9.17, 15) is 0 Å². The van der Waals surface area contributed by atoms with E-state index in [0.29, 0.717) is 0 Å². The Kier molecular flexibility index (Phi) is 5.16. The van der Waals surface area contributed by atoms with Crippen molar-refractivity contribution in [1.29, 1.82) is 0 Å². The summed E-state index contributed by atoms with van der Waals surface area (Å²) in [5.74, 6) is 6.61. The Bertz CT molecular complexity index is 537. The average Bonchev–Trinajstić information content (AvgIpc) is 2.49. The molecule has 0 aliphatic heterocycles. The predicted molar refractivity (Wildman–Crippen MR) is 82.7 cm³/mol. The van der Waals surface area contributed by atoms with Crippen molar-refractivity contribution in [2.75, 3.05) is 7.11 Å². The van der Waals surface area contributed by atoms with Crippen LogP contribution in [-0.2, 0) is 12.8 Å². The van der Waals surface area contributed by atoms with Gasteiger partial charge in [-0.1, -0.05) is 48.0 Å². The minimum absolute atomic E-state index is 0.189. The van der Waals surface area contributed by atoms with E-state index in [-0.39, 0.29) is 6.04 Å². The summed E-state index contributed by atoms with van der Waals surface area (Å²) in [7, 11) is 1.70. The SMILES string of the molecule is COc1ccccc1CC(Cc1ccc(C)cc1)NN. The molecule has 0 aliphatic carbocycles. The molecule has 2 rings (SSSR count). The number of para-hydroxylation sites is 1. The van der Waals surface area contributed by atoms with Gasteiger partial charge in [-0.3, -0.25) is 11.3 Å². The van der Waals surface area contributed by atoms with E-state index in [0.717, 1.165) is 18.6 Å². The van der Waals surface area contributed by atoms with E-state index < -0.39 is 0 Å². The van der Waals surface area contributed by atoms with E-state index in [1.807, 2.05) is 18.2 Å². The van der Waals surface area contributed by atoms with E-state index >= 15 is 0 Å². The van der Waals surface area contributed by atoms with Gasteiger partial charge in [0, 0.05) is 6.04 Å². The van der Waals surface area contributed by atoms with Crippen molar-refractivity contribution in [1.82, 2.24) is 5.43 Å². The van der Waals surface area contributed by atoms with Crippen molar-refractivity contribution in [3.05, 3.63) is 65.2 Å². The van der Waals surface area contributed by atoms with Crippen molar-refractivity contribution in [3.8, 4) is 5.75 Å². The van der Waals surface area contributed by atoms with Crippen LogP contribution in [0.4, 0.5) is 0 Å². The van der Waals surface area contributed by atoms with E-state index in [1.54, 1.807) is 7.11 Å². The topological polar surface area (TPSA) is 47.3 Å². The lowest BCUT2D eigenvalue weighted by Gasteiger charge is -2.17. The van der Waals surface area contributed by atoms with Crippen LogP contribution in [0.5, 0.6) is 5.75 Å². The van der Waals surface area contributed by atoms with Crippen LogP contribution < -0.4 is 16.0 Å². The van der Waals surface area contributed by atoms with Gasteiger partial charge in [0.2, 0.25) is 0 Å². The third-order valence-corrected chi connectivity index (χ3v) is 3.50. The molecule has 2 aromatic rings. The number of hydrogen-bond acceptors (Lipinski definition) is 3. The molecular weight excluding hydrogens is 248 g/mol. The Morgan fingerprint density at radius 1 is 1.05 bits per heavy atom. The Labute approximate surface area is 120 Å². The predicted octanol–water partition coefficient (Wildman–Crippen LogP) is 2.62. The molecule has 3 nitrogen and oxygen atoms in total. The maximum atomic E-state index is 5.70. The molecule has 0 aromatic heterocycles. The van der Waals surface area contributed by atoms with Gasteiger partial charge in [-0.25, -0.2) is 0 Å². The van der Waals surface area contributed by atoms with Crippen molar-refractivity contribution in [2.24, 2.45) is 5.84 Å². The van der Waals surface area contributed by atoms with Crippen LogP contribution >= 0.6 is 0 Å². The number of ether oxygens (including phenoxy) is 1. The minimum Gasteiger partial charge on any atom is -0.496 e. The first-order valence-electron chi connectivity index (χ1n) is 6.86. The lowest BCUT2D eigenvalue weighted by molar-refractivity contribution is 0.404. The van der Waals surface area contributed by atoms with Gasteiger partial charge in [-0.2, -0.15) is 0 Å². The second-order valence-electron chi connectivity index (χ2n) is 5.07. The normalized spacial score (nSPS) is 12.2. The van der Waals surface area contributed by atoms with Crippen LogP contribution in [0.2, 0.25) is 0 Å². The maximum absolute atomic E-state index is 5.70. The molecule has 0 aliphatic rings. The van der Waals surface area contributed by atoms with Crippen LogP contribution in [0.3, 0.4) is 0 Å². The summed E-state index contributed by atoms with van der Waals surface area (Å²) >= 11 is 0. The maximum Gasteiger partial charge on any atom is 0.122 e. The first kappa shape index (κ1) is 14.6. The highest BCUT2D eigenvalue weighted by atomic mass is 16.5. The van der Waals surface area contributed by atoms with Gasteiger partial charge in [0.25, 0.3) is 0 Å². The van der Waals surface area contributed by atoms with Gasteiger partial charge in [-0.05, 0) is 37.0 Å². The molecule has 0 bridgehead atoms. The molecule has 0 radical (unpaired) electrons. The minimum atomic E-state index is 0.189. The number of hydrogen-bond donors (Lipinski definition) is 2. The summed E-state index contributed by atoms with van der Waals surface area (Å²) in [4.78, 5) is 0. The van der Waals surface area contributed by atoms with Crippen LogP contribution in [0.1, 0.15) is 16.7 Å². The number of benzene rings is 2. The van der Waals surface area contributed by atoms with E-state index in [1.165, 1.54) is 16.7 Å². The highest BCUT2D eigenvalue weighted by molar-refractivity contribution is 5.34. The molecule has 0 heterocycles. The van der Waals surface area contributed by atoms with Gasteiger partial charge in [0.15, 0.2) is 0 Å². The molecule has 106 valence electrons. The first-order valence-corrected chi connectivity index (χ1v) is 6.86. The zero-order chi connectivity index (χ0) is 14.4. The first-order chi connectivity index (χ1) is 9.72. The van der Waals surface area contributed by atoms with E-state index in [2.05, 4.69) is 42.7 Å². The van der Waals surface area contributed by atoms with E-state index in [4.69, 9.17) is 10.6 Å². The molecule has 3 N–H and O–H groups in total. The fraction of sp³-hybridized carbons (Fsp3) is 0.294. The quantitative estimate of drug-likeness (QED) is 0.626. The summed E-state index contributed by atoms with van der Waals surface area (Å²) in [6, 6.07) is 16.8. The van der Waals surface area contributed by atoms with Crippen LogP contribution in [0.15, 0.2) is 48.5 Å². The Balaban J connectivity index is 2.07. The van der Waals surface area contributed by atoms with Crippen molar-refractivity contribution < 1.29 is 4.74 Å². The number of nitrogens with two attached hydrogens (primary N) is 1. The molecule has 0 saturated heterocycles. The monoisotopic (exact) mass is 270 g/mol. The molecule has 1 atom stereocenters. The lowest BCUT2D eigenvalue weighted by Crippen LogP contribution is -2.38. The molecular formula is C17H22N2O. The number of methoxy groups -OCH3 is 1. The largest absolute Gasteiger partial charge is 0.496 e. The molecule has 0 saturated carbocycles. The lowest BCUT2D eigenvalue weighted by atomic mass is 9.98. The summed E-state index contributed by atoms with van der Waals surface area (Å²) in [6.45, 7) is 2.09. The van der Waals surface area contributed by atoms with Gasteiger partial charge >= 0.3 is 0 Å². The van der Waals surface area contributed by atoms with Gasteiger partial charge in [-0.15, -0.1) is 0 Å². The fourth-order valence-electron chi connectivity index (χ4n) is 2.34. The summed E-state index contributed by atoms with van der Waals surface area (Å²) in [5, 5.41) is 0. The second-order valence-corrected chi connectivity index (χ2v) is 5.07. The molecule has 20 heavy (non-hydrogen) atoms. The van der Waals surface area contributed by atoms with Gasteiger partial charge in [0.1, 0.15) is 5.75 Å². The third-order valence-electron chi connectivity index (χ3n) is 3.50. The molecule has 0 amide bonds. The van der Waals surface area contributed by atoms with Crippen LogP contribution in [0, 0.1) is 6.92 Å². The summed E-state index contributed by atoms with van der Waals surface area (Å²) < 4.78 is 5.39. The number of nitrogens with one attached hydrogen (secondary N) is 1. The average molecular weight is 270 g/mol. The Morgan fingerprint density at radius 3 is 2.40 bits per heavy atom. The van der Waals surface area contributed by atoms with Crippen molar-refractivity contribution in [2.45, 2.75) is 25.8 Å². The van der Waals surface area contributed by atoms with Crippen LogP contribution in [-0.4, -0.2) is 13.2 Å². The second kappa shape index (κ2) is 7.08. The summed E-state index contributed by atoms with van der Waals surface area (Å²) in [5.41, 5.74) is 6.64. The smallest absolute Gasteiger partial charge is 0.122 e. The third kappa shape index (κ3) is 3.83. The number of aryl methyl sites for hydroxylation is 1. The zero-order valence-corrected chi connectivity index (χ0v) is 12.1. The number of rotatable bonds is 6. The van der Waals surface area contributed by atoms with Gasteiger partial charge < -0.3 is 4.74 Å². The molecule has 1 unspecified atom stereocenters. The van der Waals surface area contributed by atoms with Gasteiger partial charge in [0.05, 0.1) is 7.11 Å². The van der Waals surface area contributed by atoms with Crippen molar-refractivity contribution >= 4 is 0 Å². The molecule has 2 aromatic carbocycles. The van der Waals surface area contributed by atoms with Crippen molar-refractivity contribution in [3.63, 3.8) is 0 Å². The molecule has 3 heteroatoms. The molecule has 0 spiro atoms. The van der Waals surface area contributed by atoms with Crippen LogP contribution in [0.25, 0.3) is 0 Å². The molecule has 0 fully saturated rings. The zero-order valence-electron chi connectivity index (χ0n) is 12.1.